The van der Waals surface area contributed by atoms with Gasteiger partial charge in [0.2, 0.25) is 5.91 Å². The Morgan fingerprint density at radius 3 is 2.16 bits per heavy atom. The number of amides is 1. The lowest BCUT2D eigenvalue weighted by atomic mass is 10.1. The van der Waals surface area contributed by atoms with Crippen molar-refractivity contribution < 1.29 is 33.3 Å². The van der Waals surface area contributed by atoms with E-state index in [9.17, 15) is 14.7 Å². The summed E-state index contributed by atoms with van der Waals surface area (Å²) in [6.07, 6.45) is -2.16. The molecule has 0 bridgehead atoms. The van der Waals surface area contributed by atoms with Crippen LogP contribution in [0.3, 0.4) is 0 Å². The van der Waals surface area contributed by atoms with Crippen LogP contribution in [0.1, 0.15) is 48.5 Å². The van der Waals surface area contributed by atoms with Crippen LogP contribution in [0.2, 0.25) is 18.1 Å². The maximum atomic E-state index is 12.5. The first-order chi connectivity index (χ1) is 14.1. The quantitative estimate of drug-likeness (QED) is 0.305. The van der Waals surface area contributed by atoms with E-state index in [0.29, 0.717) is 12.2 Å². The van der Waals surface area contributed by atoms with Crippen molar-refractivity contribution in [3.05, 3.63) is 11.8 Å². The highest BCUT2D eigenvalue weighted by Gasteiger charge is 2.54. The van der Waals surface area contributed by atoms with Gasteiger partial charge in [0, 0.05) is 25.8 Å². The van der Waals surface area contributed by atoms with Crippen LogP contribution in [0.15, 0.2) is 11.8 Å². The van der Waals surface area contributed by atoms with Crippen molar-refractivity contribution in [1.29, 1.82) is 0 Å². The molecule has 0 unspecified atom stereocenters. The number of ketones is 1. The number of ether oxygens (including phenoxy) is 3. The molecule has 0 aliphatic carbocycles. The van der Waals surface area contributed by atoms with Gasteiger partial charge in [-0.1, -0.05) is 20.8 Å². The number of carbonyl (C=O) groups is 2. The van der Waals surface area contributed by atoms with E-state index in [1.165, 1.54) is 24.9 Å². The first kappa shape index (κ1) is 27.9. The summed E-state index contributed by atoms with van der Waals surface area (Å²) in [5, 5.41) is 10.4. The molecular weight excluding hydrogens is 418 g/mol. The Bertz CT molecular complexity index is 657. The van der Waals surface area contributed by atoms with Crippen LogP contribution in [0, 0.1) is 0 Å². The van der Waals surface area contributed by atoms with Gasteiger partial charge in [0.1, 0.15) is 18.3 Å². The highest BCUT2D eigenvalue weighted by Crippen LogP contribution is 2.41. The molecule has 1 aliphatic rings. The highest BCUT2D eigenvalue weighted by atomic mass is 28.4. The zero-order valence-electron chi connectivity index (χ0n) is 20.7. The minimum atomic E-state index is -2.26. The maximum Gasteiger partial charge on any atom is 0.225 e. The topological polar surface area (TPSA) is 94.5 Å². The first-order valence-electron chi connectivity index (χ1n) is 10.7. The minimum absolute atomic E-state index is 0.0726. The highest BCUT2D eigenvalue weighted by molar-refractivity contribution is 6.74. The number of hydrogen-bond donors (Lipinski definition) is 1. The molecule has 1 fully saturated rings. The molecule has 0 saturated carbocycles. The van der Waals surface area contributed by atoms with Gasteiger partial charge in [-0.25, -0.2) is 0 Å². The first-order valence-corrected chi connectivity index (χ1v) is 13.6. The van der Waals surface area contributed by atoms with Crippen molar-refractivity contribution >= 4 is 20.0 Å². The van der Waals surface area contributed by atoms with E-state index in [0.717, 1.165) is 0 Å². The summed E-state index contributed by atoms with van der Waals surface area (Å²) < 4.78 is 24.1. The number of rotatable bonds is 10. The molecule has 5 atom stereocenters. The Morgan fingerprint density at radius 2 is 1.74 bits per heavy atom. The second kappa shape index (κ2) is 11.2. The van der Waals surface area contributed by atoms with E-state index in [4.69, 9.17) is 18.6 Å². The largest absolute Gasteiger partial charge is 0.408 e. The molecule has 0 aromatic rings. The predicted octanol–water partition coefficient (Wildman–Crippen LogP) is 2.86. The number of carbonyl (C=O) groups excluding carboxylic acids is 2. The van der Waals surface area contributed by atoms with E-state index in [-0.39, 0.29) is 23.3 Å². The number of aliphatic hydroxyl groups is 1. The van der Waals surface area contributed by atoms with E-state index in [1.54, 1.807) is 21.0 Å². The van der Waals surface area contributed by atoms with Gasteiger partial charge in [-0.05, 0) is 38.9 Å². The van der Waals surface area contributed by atoms with Gasteiger partial charge >= 0.3 is 0 Å². The summed E-state index contributed by atoms with van der Waals surface area (Å²) in [6, 6.07) is 0. The molecule has 9 heteroatoms. The van der Waals surface area contributed by atoms with Crippen LogP contribution < -0.4 is 0 Å². The zero-order chi connectivity index (χ0) is 24.1. The summed E-state index contributed by atoms with van der Waals surface area (Å²) in [7, 11) is -0.685. The molecule has 1 heterocycles. The zero-order valence-corrected chi connectivity index (χ0v) is 21.7. The minimum Gasteiger partial charge on any atom is -0.408 e. The van der Waals surface area contributed by atoms with E-state index >= 15 is 0 Å². The molecule has 0 radical (unpaired) electrons. The number of nitrogens with zero attached hydrogens (tertiary/aromatic N) is 1. The lowest BCUT2D eigenvalue weighted by Crippen LogP contribution is -2.53. The molecule has 31 heavy (non-hydrogen) atoms. The summed E-state index contributed by atoms with van der Waals surface area (Å²) in [5.74, 6) is -0.453. The summed E-state index contributed by atoms with van der Waals surface area (Å²) in [6.45, 7) is 17.4. The molecular formula is C22H41NO7Si. The monoisotopic (exact) mass is 459 g/mol. The van der Waals surface area contributed by atoms with E-state index in [1.807, 2.05) is 0 Å². The summed E-state index contributed by atoms with van der Waals surface area (Å²) >= 11 is 0. The molecule has 1 rings (SSSR count). The Kier molecular flexibility index (Phi) is 10.1. The van der Waals surface area contributed by atoms with Crippen molar-refractivity contribution in [3.8, 4) is 0 Å². The predicted molar refractivity (Wildman–Crippen MR) is 121 cm³/mol. The van der Waals surface area contributed by atoms with Crippen molar-refractivity contribution in [1.82, 2.24) is 4.90 Å². The van der Waals surface area contributed by atoms with E-state index < -0.39 is 39.0 Å². The molecule has 180 valence electrons. The smallest absolute Gasteiger partial charge is 0.225 e. The van der Waals surface area contributed by atoms with Crippen molar-refractivity contribution in [3.63, 3.8) is 0 Å². The lowest BCUT2D eigenvalue weighted by Gasteiger charge is -2.41. The van der Waals surface area contributed by atoms with Gasteiger partial charge in [0.25, 0.3) is 0 Å². The lowest BCUT2D eigenvalue weighted by molar-refractivity contribution is -0.149. The molecule has 1 amide bonds. The molecule has 0 spiro atoms. The van der Waals surface area contributed by atoms with Crippen molar-refractivity contribution in [2.24, 2.45) is 0 Å². The van der Waals surface area contributed by atoms with Gasteiger partial charge in [-0.3, -0.25) is 14.5 Å². The molecule has 8 nitrogen and oxygen atoms in total. The third-order valence-corrected chi connectivity index (χ3v) is 10.5. The van der Waals surface area contributed by atoms with Crippen LogP contribution in [-0.4, -0.2) is 81.0 Å². The van der Waals surface area contributed by atoms with Crippen molar-refractivity contribution in [2.45, 2.75) is 97.2 Å². The Balaban J connectivity index is 3.43. The van der Waals surface area contributed by atoms with Gasteiger partial charge in [0.05, 0.1) is 19.3 Å². The third-order valence-electron chi connectivity index (χ3n) is 6.06. The van der Waals surface area contributed by atoms with Gasteiger partial charge in [0.15, 0.2) is 20.3 Å². The molecule has 0 aromatic heterocycles. The van der Waals surface area contributed by atoms with Crippen LogP contribution in [0.5, 0.6) is 0 Å². The third kappa shape index (κ3) is 7.20. The average Bonchev–Trinajstić information content (AvgIpc) is 2.96. The SMILES string of the molecule is COCCO[C@@H]1[C@H](O[Si](C)(C)C(C)(C)C)[C@@H]([C@H](C)O)O[C@H]1N(/C=C(/C)C(C)=O)C(C)=O. The van der Waals surface area contributed by atoms with Crippen LogP contribution >= 0.6 is 0 Å². The molecule has 1 N–H and O–H groups in total. The maximum absolute atomic E-state index is 12.5. The number of aliphatic hydroxyl groups excluding tert-OH is 1. The molecule has 1 aliphatic heterocycles. The summed E-state index contributed by atoms with van der Waals surface area (Å²) in [4.78, 5) is 25.7. The van der Waals surface area contributed by atoms with Gasteiger partial charge < -0.3 is 23.7 Å². The standard InChI is InChI=1S/C22H41NO7Si/c1-14(15(2)24)13-23(17(4)26)21-20(28-12-11-27-8)19(18(29-21)16(3)25)30-31(9,10)22(5,6)7/h13,16,18-21,25H,11-12H2,1-10H3/b14-13-/t16-,18+,19+,20+,21+/m0/s1. The van der Waals surface area contributed by atoms with E-state index in [2.05, 4.69) is 33.9 Å². The van der Waals surface area contributed by atoms with Crippen molar-refractivity contribution in [2.75, 3.05) is 20.3 Å². The Hall–Kier alpha value is -1.10. The van der Waals surface area contributed by atoms with Crippen LogP contribution in [-0.2, 0) is 28.2 Å². The number of allylic oxidation sites excluding steroid dienone is 1. The fourth-order valence-corrected chi connectivity index (χ4v) is 4.32. The van der Waals surface area contributed by atoms with Gasteiger partial charge in [-0.15, -0.1) is 0 Å². The second-order valence-corrected chi connectivity index (χ2v) is 14.5. The second-order valence-electron chi connectivity index (χ2n) is 9.70. The number of methoxy groups -OCH3 is 1. The number of Topliss-reactive ketones (excluding diaryl/α,β-unsaturated/α-hetero) is 1. The van der Waals surface area contributed by atoms with Crippen LogP contribution in [0.4, 0.5) is 0 Å². The fourth-order valence-electron chi connectivity index (χ4n) is 3.02. The summed E-state index contributed by atoms with van der Waals surface area (Å²) in [5.41, 5.74) is 0.414. The fraction of sp³-hybridized carbons (Fsp3) is 0.818. The average molecular weight is 460 g/mol. The molecule has 0 aromatic carbocycles. The Labute approximate surface area is 188 Å². The van der Waals surface area contributed by atoms with Gasteiger partial charge in [-0.2, -0.15) is 0 Å². The molecule has 1 saturated heterocycles. The number of hydrogen-bond acceptors (Lipinski definition) is 7. The van der Waals surface area contributed by atoms with Crippen LogP contribution in [0.25, 0.3) is 0 Å². The normalized spacial score (nSPS) is 26.1. The Morgan fingerprint density at radius 1 is 1.16 bits per heavy atom.